The molecule has 1 aromatic rings. The van der Waals surface area contributed by atoms with Gasteiger partial charge in [0.05, 0.1) is 7.11 Å². The quantitative estimate of drug-likeness (QED) is 0.702. The summed E-state index contributed by atoms with van der Waals surface area (Å²) in [4.78, 5) is 1.05. The molecule has 0 aliphatic carbocycles. The Kier molecular flexibility index (Phi) is 2.24. The molecule has 0 saturated heterocycles. The van der Waals surface area contributed by atoms with E-state index in [0.29, 0.717) is 5.88 Å². The van der Waals surface area contributed by atoms with Gasteiger partial charge in [-0.05, 0) is 18.5 Å². The Morgan fingerprint density at radius 1 is 1.80 bits per heavy atom. The maximum atomic E-state index is 5.60. The molecular formula is C6H10N2OS. The molecular weight excluding hydrogens is 148 g/mol. The number of hydrogen-bond acceptors (Lipinski definition) is 4. The predicted octanol–water partition coefficient (Wildman–Crippen LogP) is 1.17. The topological polar surface area (TPSA) is 48.1 Å². The summed E-state index contributed by atoms with van der Waals surface area (Å²) < 4.78 is 8.88. The van der Waals surface area contributed by atoms with Gasteiger partial charge in [0.2, 0.25) is 5.88 Å². The van der Waals surface area contributed by atoms with Crippen molar-refractivity contribution in [1.29, 1.82) is 0 Å². The second-order valence-corrected chi connectivity index (χ2v) is 2.90. The Balaban J connectivity index is 2.78. The Morgan fingerprint density at radius 3 is 2.80 bits per heavy atom. The second-order valence-electron chi connectivity index (χ2n) is 2.06. The van der Waals surface area contributed by atoms with E-state index in [1.165, 1.54) is 11.5 Å². The molecule has 1 aromatic heterocycles. The van der Waals surface area contributed by atoms with Gasteiger partial charge in [0.15, 0.2) is 0 Å². The highest BCUT2D eigenvalue weighted by Gasteiger charge is 2.04. The van der Waals surface area contributed by atoms with Crippen molar-refractivity contribution >= 4 is 11.5 Å². The van der Waals surface area contributed by atoms with Gasteiger partial charge in [-0.15, -0.1) is 0 Å². The zero-order valence-electron chi connectivity index (χ0n) is 6.00. The molecule has 0 unspecified atom stereocenters. The van der Waals surface area contributed by atoms with Gasteiger partial charge in [-0.3, -0.25) is 0 Å². The van der Waals surface area contributed by atoms with Crippen LogP contribution in [0.15, 0.2) is 6.07 Å². The van der Waals surface area contributed by atoms with Crippen LogP contribution in [-0.2, 0) is 0 Å². The zero-order chi connectivity index (χ0) is 7.56. The molecule has 3 nitrogen and oxygen atoms in total. The van der Waals surface area contributed by atoms with E-state index in [0.717, 1.165) is 4.88 Å². The lowest BCUT2D eigenvalue weighted by atomic mass is 10.3. The van der Waals surface area contributed by atoms with Crippen LogP contribution < -0.4 is 10.5 Å². The third-order valence-electron chi connectivity index (χ3n) is 1.16. The molecule has 0 bridgehead atoms. The molecule has 56 valence electrons. The van der Waals surface area contributed by atoms with Crippen LogP contribution in [0.3, 0.4) is 0 Å². The van der Waals surface area contributed by atoms with Crippen LogP contribution in [0.1, 0.15) is 17.8 Å². The Bertz CT molecular complexity index is 209. The van der Waals surface area contributed by atoms with Crippen LogP contribution in [0, 0.1) is 0 Å². The largest absolute Gasteiger partial charge is 0.480 e. The third kappa shape index (κ3) is 1.46. The molecule has 0 radical (unpaired) electrons. The first-order valence-electron chi connectivity index (χ1n) is 3.00. The summed E-state index contributed by atoms with van der Waals surface area (Å²) in [5.41, 5.74) is 5.60. The molecule has 0 aromatic carbocycles. The molecule has 0 saturated carbocycles. The predicted molar refractivity (Wildman–Crippen MR) is 41.3 cm³/mol. The fourth-order valence-electron chi connectivity index (χ4n) is 0.583. The molecule has 2 N–H and O–H groups in total. The van der Waals surface area contributed by atoms with Crippen molar-refractivity contribution in [3.63, 3.8) is 0 Å². The summed E-state index contributed by atoms with van der Waals surface area (Å²) in [7, 11) is 1.60. The average Bonchev–Trinajstić information content (AvgIpc) is 2.34. The number of ether oxygens (including phenoxy) is 1. The van der Waals surface area contributed by atoms with E-state index in [1.807, 2.05) is 13.0 Å². The minimum atomic E-state index is 0.0569. The third-order valence-corrected chi connectivity index (χ3v) is 2.14. The lowest BCUT2D eigenvalue weighted by Gasteiger charge is -1.95. The lowest BCUT2D eigenvalue weighted by Crippen LogP contribution is -2.01. The Morgan fingerprint density at radius 2 is 2.50 bits per heavy atom. The van der Waals surface area contributed by atoms with E-state index >= 15 is 0 Å². The molecule has 0 aliphatic rings. The van der Waals surface area contributed by atoms with Crippen molar-refractivity contribution < 1.29 is 4.74 Å². The molecule has 0 amide bonds. The van der Waals surface area contributed by atoms with Gasteiger partial charge in [0, 0.05) is 17.0 Å². The maximum Gasteiger partial charge on any atom is 0.225 e. The van der Waals surface area contributed by atoms with Crippen LogP contribution in [0.25, 0.3) is 0 Å². The normalized spacial score (nSPS) is 13.1. The summed E-state index contributed by atoms with van der Waals surface area (Å²) >= 11 is 1.38. The molecule has 1 atom stereocenters. The van der Waals surface area contributed by atoms with Gasteiger partial charge in [-0.2, -0.15) is 4.37 Å². The molecule has 0 fully saturated rings. The van der Waals surface area contributed by atoms with E-state index in [2.05, 4.69) is 4.37 Å². The van der Waals surface area contributed by atoms with Crippen molar-refractivity contribution in [3.05, 3.63) is 10.9 Å². The number of aromatic nitrogens is 1. The highest BCUT2D eigenvalue weighted by Crippen LogP contribution is 2.20. The molecule has 4 heteroatoms. The lowest BCUT2D eigenvalue weighted by molar-refractivity contribution is 0.402. The first-order chi connectivity index (χ1) is 4.74. The molecule has 0 aliphatic heterocycles. The van der Waals surface area contributed by atoms with Gasteiger partial charge in [0.1, 0.15) is 0 Å². The maximum absolute atomic E-state index is 5.60. The molecule has 10 heavy (non-hydrogen) atoms. The zero-order valence-corrected chi connectivity index (χ0v) is 6.81. The average molecular weight is 158 g/mol. The number of hydrogen-bond donors (Lipinski definition) is 1. The van der Waals surface area contributed by atoms with Gasteiger partial charge in [0.25, 0.3) is 0 Å². The fourth-order valence-corrected chi connectivity index (χ4v) is 1.23. The number of nitrogens with zero attached hydrogens (tertiary/aromatic N) is 1. The van der Waals surface area contributed by atoms with Crippen LogP contribution in [0.4, 0.5) is 0 Å². The van der Waals surface area contributed by atoms with Crippen molar-refractivity contribution in [1.82, 2.24) is 4.37 Å². The van der Waals surface area contributed by atoms with Crippen LogP contribution >= 0.6 is 11.5 Å². The minimum Gasteiger partial charge on any atom is -0.480 e. The van der Waals surface area contributed by atoms with E-state index < -0.39 is 0 Å². The number of nitrogens with two attached hydrogens (primary N) is 1. The smallest absolute Gasteiger partial charge is 0.225 e. The van der Waals surface area contributed by atoms with Crippen molar-refractivity contribution in [2.75, 3.05) is 7.11 Å². The summed E-state index contributed by atoms with van der Waals surface area (Å²) in [6.45, 7) is 1.92. The summed E-state index contributed by atoms with van der Waals surface area (Å²) in [5.74, 6) is 0.650. The van der Waals surface area contributed by atoms with Crippen molar-refractivity contribution in [2.45, 2.75) is 13.0 Å². The molecule has 1 heterocycles. The van der Waals surface area contributed by atoms with E-state index in [1.54, 1.807) is 7.11 Å². The Hall–Kier alpha value is -0.610. The van der Waals surface area contributed by atoms with Gasteiger partial charge in [-0.25, -0.2) is 0 Å². The number of methoxy groups -OCH3 is 1. The van der Waals surface area contributed by atoms with Crippen LogP contribution in [0.5, 0.6) is 5.88 Å². The summed E-state index contributed by atoms with van der Waals surface area (Å²) in [5, 5.41) is 0. The van der Waals surface area contributed by atoms with Gasteiger partial charge < -0.3 is 10.5 Å². The van der Waals surface area contributed by atoms with Crippen molar-refractivity contribution in [2.24, 2.45) is 5.73 Å². The molecule has 0 spiro atoms. The van der Waals surface area contributed by atoms with Crippen molar-refractivity contribution in [3.8, 4) is 5.88 Å². The monoisotopic (exact) mass is 158 g/mol. The summed E-state index contributed by atoms with van der Waals surface area (Å²) in [6.07, 6.45) is 0. The SMILES string of the molecule is COc1cc([C@H](C)N)sn1. The highest BCUT2D eigenvalue weighted by molar-refractivity contribution is 7.06. The fraction of sp³-hybridized carbons (Fsp3) is 0.500. The van der Waals surface area contributed by atoms with E-state index in [9.17, 15) is 0 Å². The van der Waals surface area contributed by atoms with E-state index in [4.69, 9.17) is 10.5 Å². The number of rotatable bonds is 2. The second kappa shape index (κ2) is 2.98. The first kappa shape index (κ1) is 7.50. The van der Waals surface area contributed by atoms with Crippen LogP contribution in [0.2, 0.25) is 0 Å². The van der Waals surface area contributed by atoms with E-state index in [-0.39, 0.29) is 6.04 Å². The first-order valence-corrected chi connectivity index (χ1v) is 3.77. The minimum absolute atomic E-state index is 0.0569. The van der Waals surface area contributed by atoms with Crippen LogP contribution in [-0.4, -0.2) is 11.5 Å². The Labute approximate surface area is 64.0 Å². The van der Waals surface area contributed by atoms with Gasteiger partial charge in [-0.1, -0.05) is 0 Å². The highest BCUT2D eigenvalue weighted by atomic mass is 32.1. The standard InChI is InChI=1S/C6H10N2OS/c1-4(7)5-3-6(9-2)8-10-5/h3-4H,7H2,1-2H3/t4-/m0/s1. The summed E-state index contributed by atoms with van der Waals surface area (Å²) in [6, 6.07) is 1.91. The van der Waals surface area contributed by atoms with Gasteiger partial charge >= 0.3 is 0 Å². The molecule has 1 rings (SSSR count).